The Hall–Kier alpha value is -2.89. The third-order valence-electron chi connectivity index (χ3n) is 3.94. The van der Waals surface area contributed by atoms with Crippen LogP contribution in [-0.2, 0) is 6.42 Å². The summed E-state index contributed by atoms with van der Waals surface area (Å²) in [5.41, 5.74) is 0.272. The van der Waals surface area contributed by atoms with Gasteiger partial charge >= 0.3 is 0 Å². The van der Waals surface area contributed by atoms with Gasteiger partial charge in [-0.25, -0.2) is 4.39 Å². The van der Waals surface area contributed by atoms with Gasteiger partial charge in [0.25, 0.3) is 5.91 Å². The van der Waals surface area contributed by atoms with Gasteiger partial charge in [-0.15, -0.1) is 0 Å². The molecule has 0 fully saturated rings. The van der Waals surface area contributed by atoms with E-state index in [1.165, 1.54) is 17.2 Å². The minimum absolute atomic E-state index is 0.00330. The maximum Gasteiger partial charge on any atom is 0.261 e. The Labute approximate surface area is 151 Å². The molecule has 5 nitrogen and oxygen atoms in total. The van der Waals surface area contributed by atoms with Crippen LogP contribution in [0.1, 0.15) is 30.0 Å². The fraction of sp³-hybridized carbons (Fsp3) is 0.300. The van der Waals surface area contributed by atoms with Crippen molar-refractivity contribution in [3.8, 4) is 5.75 Å². The highest BCUT2D eigenvalue weighted by Crippen LogP contribution is 2.20. The summed E-state index contributed by atoms with van der Waals surface area (Å²) in [6.45, 7) is 7.70. The van der Waals surface area contributed by atoms with Crippen LogP contribution >= 0.6 is 0 Å². The van der Waals surface area contributed by atoms with E-state index in [-0.39, 0.29) is 24.5 Å². The molecule has 6 heteroatoms. The van der Waals surface area contributed by atoms with Gasteiger partial charge in [-0.2, -0.15) is 0 Å². The second kappa shape index (κ2) is 8.99. The molecule has 0 N–H and O–H groups in total. The van der Waals surface area contributed by atoms with Gasteiger partial charge < -0.3 is 14.1 Å². The quantitative estimate of drug-likeness (QED) is 0.551. The highest BCUT2D eigenvalue weighted by Gasteiger charge is 2.30. The van der Waals surface area contributed by atoms with Crippen molar-refractivity contribution in [2.45, 2.75) is 20.3 Å². The lowest BCUT2D eigenvalue weighted by atomic mass is 10.0. The van der Waals surface area contributed by atoms with Crippen LogP contribution in [0.15, 0.2) is 63.8 Å². The molecule has 2 rings (SSSR count). The van der Waals surface area contributed by atoms with Crippen LogP contribution in [0.2, 0.25) is 0 Å². The first-order valence-corrected chi connectivity index (χ1v) is 8.33. The van der Waals surface area contributed by atoms with E-state index in [1.54, 1.807) is 31.2 Å². The molecule has 2 heterocycles. The smallest absolute Gasteiger partial charge is 0.261 e. The predicted molar refractivity (Wildman–Crippen MR) is 98.0 cm³/mol. The molecule has 26 heavy (non-hydrogen) atoms. The Kier molecular flexibility index (Phi) is 6.72. The molecule has 0 aromatic carbocycles. The number of ether oxygens (including phenoxy) is 1. The highest BCUT2D eigenvalue weighted by molar-refractivity contribution is 5.96. The summed E-state index contributed by atoms with van der Waals surface area (Å²) < 4.78 is 23.6. The Morgan fingerprint density at radius 1 is 1.38 bits per heavy atom. The van der Waals surface area contributed by atoms with E-state index in [9.17, 15) is 14.0 Å². The maximum atomic E-state index is 12.8. The normalized spacial score (nSPS) is 15.0. The number of carbonyl (C=O) groups is 1. The van der Waals surface area contributed by atoms with Gasteiger partial charge in [0.15, 0.2) is 0 Å². The van der Waals surface area contributed by atoms with Crippen LogP contribution in [0.5, 0.6) is 5.75 Å². The lowest BCUT2D eigenvalue weighted by Crippen LogP contribution is -2.41. The number of rotatable bonds is 7. The van der Waals surface area contributed by atoms with Crippen LogP contribution in [0, 0.1) is 0 Å². The van der Waals surface area contributed by atoms with E-state index in [0.29, 0.717) is 18.7 Å². The molecular formula is C20H22FNO4. The molecule has 0 saturated carbocycles. The minimum atomic E-state index is -0.566. The summed E-state index contributed by atoms with van der Waals surface area (Å²) in [5, 5.41) is 0. The van der Waals surface area contributed by atoms with E-state index >= 15 is 0 Å². The lowest BCUT2D eigenvalue weighted by molar-refractivity contribution is 0.0741. The fourth-order valence-corrected chi connectivity index (χ4v) is 2.53. The first kappa shape index (κ1) is 19.4. The van der Waals surface area contributed by atoms with Gasteiger partial charge in [-0.3, -0.25) is 9.59 Å². The van der Waals surface area contributed by atoms with E-state index < -0.39 is 17.2 Å². The van der Waals surface area contributed by atoms with Crippen molar-refractivity contribution >= 4 is 5.91 Å². The van der Waals surface area contributed by atoms with Crippen LogP contribution in [0.3, 0.4) is 0 Å². The molecule has 138 valence electrons. The van der Waals surface area contributed by atoms with Gasteiger partial charge in [-0.1, -0.05) is 30.9 Å². The lowest BCUT2D eigenvalue weighted by Gasteiger charge is -2.27. The van der Waals surface area contributed by atoms with Crippen molar-refractivity contribution in [3.63, 3.8) is 0 Å². The number of nitrogens with zero attached hydrogens (tertiary/aromatic N) is 1. The Balaban J connectivity index is 2.24. The van der Waals surface area contributed by atoms with Crippen molar-refractivity contribution in [3.05, 3.63) is 76.2 Å². The monoisotopic (exact) mass is 359 g/mol. The molecule has 0 unspecified atom stereocenters. The molecule has 0 atom stereocenters. The Morgan fingerprint density at radius 3 is 2.81 bits per heavy atom. The Bertz CT molecular complexity index is 833. The van der Waals surface area contributed by atoms with Crippen molar-refractivity contribution in [2.75, 3.05) is 19.7 Å². The standard InChI is InChI=1S/C20H22FNO4/c1-4-6-11-25-17-13-26-16-9-10-22(20(24)18(16)19(17)23)12-15(5-2)8-7-14(3)21/h4-8,13H,3,9-12H2,1-2H3/b6-4+,8-7-,15-5+. The first-order valence-electron chi connectivity index (χ1n) is 8.33. The summed E-state index contributed by atoms with van der Waals surface area (Å²) in [7, 11) is 0. The van der Waals surface area contributed by atoms with Crippen LogP contribution < -0.4 is 10.2 Å². The topological polar surface area (TPSA) is 59.8 Å². The summed E-state index contributed by atoms with van der Waals surface area (Å²) in [4.78, 5) is 26.9. The SMILES string of the molecule is C=C(F)/C=C\C(=C/C)CN1CCc2occ(OC/C=C/C)c(=O)c2C1=O. The summed E-state index contributed by atoms with van der Waals surface area (Å²) in [6, 6.07) is 0. The molecule has 1 aliphatic rings. The van der Waals surface area contributed by atoms with E-state index in [1.807, 2.05) is 6.92 Å². The fourth-order valence-electron chi connectivity index (χ4n) is 2.53. The molecule has 1 aromatic rings. The van der Waals surface area contributed by atoms with Crippen LogP contribution in [0.4, 0.5) is 4.39 Å². The third kappa shape index (κ3) is 4.59. The predicted octanol–water partition coefficient (Wildman–Crippen LogP) is 3.58. The molecule has 1 amide bonds. The van der Waals surface area contributed by atoms with Crippen molar-refractivity contribution in [1.29, 1.82) is 0 Å². The average Bonchev–Trinajstić information content (AvgIpc) is 2.62. The number of halogens is 1. The molecule has 0 bridgehead atoms. The maximum absolute atomic E-state index is 12.8. The van der Waals surface area contributed by atoms with E-state index in [4.69, 9.17) is 9.15 Å². The van der Waals surface area contributed by atoms with Crippen LogP contribution in [-0.4, -0.2) is 30.5 Å². The van der Waals surface area contributed by atoms with Crippen molar-refractivity contribution in [2.24, 2.45) is 0 Å². The summed E-state index contributed by atoms with van der Waals surface area (Å²) in [5.74, 6) is -0.604. The number of fused-ring (bicyclic) bond motifs is 1. The first-order chi connectivity index (χ1) is 12.5. The molecule has 1 aromatic heterocycles. The zero-order chi connectivity index (χ0) is 19.1. The van der Waals surface area contributed by atoms with E-state index in [0.717, 1.165) is 5.57 Å². The largest absolute Gasteiger partial charge is 0.482 e. The van der Waals surface area contributed by atoms with Gasteiger partial charge in [0.1, 0.15) is 30.0 Å². The van der Waals surface area contributed by atoms with Gasteiger partial charge in [0, 0.05) is 19.5 Å². The zero-order valence-electron chi connectivity index (χ0n) is 15.0. The van der Waals surface area contributed by atoms with Gasteiger partial charge in [-0.05, 0) is 25.5 Å². The molecule has 0 aliphatic carbocycles. The van der Waals surface area contributed by atoms with Crippen molar-refractivity contribution in [1.82, 2.24) is 4.90 Å². The average molecular weight is 359 g/mol. The molecular weight excluding hydrogens is 337 g/mol. The summed E-state index contributed by atoms with van der Waals surface area (Å²) >= 11 is 0. The van der Waals surface area contributed by atoms with Crippen molar-refractivity contribution < 1.29 is 18.3 Å². The minimum Gasteiger partial charge on any atom is -0.482 e. The second-order valence-electron chi connectivity index (χ2n) is 5.73. The molecule has 1 aliphatic heterocycles. The third-order valence-corrected chi connectivity index (χ3v) is 3.94. The Morgan fingerprint density at radius 2 is 2.15 bits per heavy atom. The highest BCUT2D eigenvalue weighted by atomic mass is 19.1. The summed E-state index contributed by atoms with van der Waals surface area (Å²) in [6.07, 6.45) is 9.80. The second-order valence-corrected chi connectivity index (χ2v) is 5.73. The van der Waals surface area contributed by atoms with Gasteiger partial charge in [0.05, 0.1) is 0 Å². The van der Waals surface area contributed by atoms with Crippen LogP contribution in [0.25, 0.3) is 0 Å². The zero-order valence-corrected chi connectivity index (χ0v) is 15.0. The number of amides is 1. The molecule has 0 spiro atoms. The number of allylic oxidation sites excluding steroid dienone is 4. The number of carbonyl (C=O) groups excluding carboxylic acids is 1. The number of hydrogen-bond donors (Lipinski definition) is 0. The molecule has 0 saturated heterocycles. The number of hydrogen-bond acceptors (Lipinski definition) is 4. The molecule has 0 radical (unpaired) electrons. The van der Waals surface area contributed by atoms with E-state index in [2.05, 4.69) is 6.58 Å². The van der Waals surface area contributed by atoms with Gasteiger partial charge in [0.2, 0.25) is 11.2 Å².